The van der Waals surface area contributed by atoms with Crippen LogP contribution in [0.5, 0.6) is 0 Å². The highest BCUT2D eigenvalue weighted by atomic mass is 32.1. The average Bonchev–Trinajstić information content (AvgIpc) is 2.64. The van der Waals surface area contributed by atoms with Gasteiger partial charge in [0.2, 0.25) is 0 Å². The van der Waals surface area contributed by atoms with Gasteiger partial charge in [-0.15, -0.1) is 0 Å². The number of ether oxygens (including phenoxy) is 1. The van der Waals surface area contributed by atoms with Gasteiger partial charge in [0.1, 0.15) is 0 Å². The molecule has 0 saturated carbocycles. The summed E-state index contributed by atoms with van der Waals surface area (Å²) in [6.07, 6.45) is 2.30. The molecule has 18 heavy (non-hydrogen) atoms. The van der Waals surface area contributed by atoms with Crippen LogP contribution in [0.3, 0.4) is 0 Å². The molecule has 4 heteroatoms. The minimum absolute atomic E-state index is 0.717. The first kappa shape index (κ1) is 13.3. The van der Waals surface area contributed by atoms with Crippen LogP contribution in [-0.2, 0) is 11.3 Å². The molecule has 0 amide bonds. The monoisotopic (exact) mass is 264 g/mol. The van der Waals surface area contributed by atoms with Gasteiger partial charge in [0.05, 0.1) is 17.6 Å². The zero-order chi connectivity index (χ0) is 13.0. The van der Waals surface area contributed by atoms with Crippen LogP contribution < -0.4 is 0 Å². The lowest BCUT2D eigenvalue weighted by molar-refractivity contribution is 0.124. The van der Waals surface area contributed by atoms with E-state index >= 15 is 0 Å². The number of nitrogens with one attached hydrogen (secondary N) is 1. The van der Waals surface area contributed by atoms with Crippen molar-refractivity contribution < 1.29 is 4.74 Å². The van der Waals surface area contributed by atoms with Crippen molar-refractivity contribution in [1.82, 2.24) is 9.55 Å². The molecule has 0 atom stereocenters. The lowest BCUT2D eigenvalue weighted by atomic mass is 10.2. The van der Waals surface area contributed by atoms with Crippen LogP contribution in [0.4, 0.5) is 0 Å². The van der Waals surface area contributed by atoms with E-state index in [9.17, 15) is 0 Å². The summed E-state index contributed by atoms with van der Waals surface area (Å²) in [5, 5.41) is 0. The molecule has 0 aliphatic carbocycles. The molecule has 0 bridgehead atoms. The maximum absolute atomic E-state index is 5.59. The summed E-state index contributed by atoms with van der Waals surface area (Å²) in [6, 6.07) is 6.35. The Morgan fingerprint density at radius 1 is 1.33 bits per heavy atom. The molecule has 0 radical (unpaired) electrons. The summed E-state index contributed by atoms with van der Waals surface area (Å²) < 4.78 is 8.47. The van der Waals surface area contributed by atoms with Gasteiger partial charge in [-0.2, -0.15) is 0 Å². The number of aromatic nitrogens is 2. The van der Waals surface area contributed by atoms with Crippen molar-refractivity contribution in [3.63, 3.8) is 0 Å². The lowest BCUT2D eigenvalue weighted by Gasteiger charge is -2.06. The van der Waals surface area contributed by atoms with Crippen LogP contribution >= 0.6 is 12.2 Å². The van der Waals surface area contributed by atoms with Crippen LogP contribution in [0.2, 0.25) is 0 Å². The van der Waals surface area contributed by atoms with Gasteiger partial charge < -0.3 is 14.3 Å². The predicted molar refractivity (Wildman–Crippen MR) is 77.6 cm³/mol. The summed E-state index contributed by atoms with van der Waals surface area (Å²) in [5.41, 5.74) is 3.50. The molecule has 0 aliphatic rings. The van der Waals surface area contributed by atoms with E-state index in [1.165, 1.54) is 12.0 Å². The standard InChI is InChI=1S/C14H20N2OS/c1-3-4-8-17-9-7-16-13-6-5-11(2)10-12(13)15-14(16)18/h5-6,10H,3-4,7-9H2,1-2H3,(H,15,18). The van der Waals surface area contributed by atoms with E-state index in [2.05, 4.69) is 41.6 Å². The van der Waals surface area contributed by atoms with E-state index < -0.39 is 0 Å². The summed E-state index contributed by atoms with van der Waals surface area (Å²) >= 11 is 5.35. The third kappa shape index (κ3) is 3.00. The van der Waals surface area contributed by atoms with Crippen molar-refractivity contribution in [3.05, 3.63) is 28.5 Å². The van der Waals surface area contributed by atoms with E-state index in [-0.39, 0.29) is 0 Å². The number of H-pyrrole nitrogens is 1. The quantitative estimate of drug-likeness (QED) is 0.635. The van der Waals surface area contributed by atoms with E-state index in [0.717, 1.165) is 42.0 Å². The fourth-order valence-electron chi connectivity index (χ4n) is 2.00. The highest BCUT2D eigenvalue weighted by Gasteiger charge is 2.03. The molecule has 0 spiro atoms. The molecular weight excluding hydrogens is 244 g/mol. The van der Waals surface area contributed by atoms with Crippen LogP contribution in [0.15, 0.2) is 18.2 Å². The van der Waals surface area contributed by atoms with Crippen molar-refractivity contribution in [3.8, 4) is 0 Å². The minimum atomic E-state index is 0.717. The third-order valence-electron chi connectivity index (χ3n) is 3.03. The number of fused-ring (bicyclic) bond motifs is 1. The number of unbranched alkanes of at least 4 members (excludes halogenated alkanes) is 1. The fraction of sp³-hybridized carbons (Fsp3) is 0.500. The Morgan fingerprint density at radius 3 is 2.94 bits per heavy atom. The second-order valence-corrected chi connectivity index (χ2v) is 4.96. The molecule has 0 fully saturated rings. The Hall–Kier alpha value is -1.13. The molecule has 0 unspecified atom stereocenters. The van der Waals surface area contributed by atoms with E-state index in [0.29, 0.717) is 0 Å². The summed E-state index contributed by atoms with van der Waals surface area (Å²) in [5.74, 6) is 0. The van der Waals surface area contributed by atoms with Gasteiger partial charge in [-0.25, -0.2) is 0 Å². The maximum Gasteiger partial charge on any atom is 0.178 e. The molecule has 0 saturated heterocycles. The van der Waals surface area contributed by atoms with Crippen LogP contribution in [0.1, 0.15) is 25.3 Å². The molecule has 1 N–H and O–H groups in total. The molecular formula is C14H20N2OS. The van der Waals surface area contributed by atoms with E-state index in [1.807, 2.05) is 0 Å². The number of aromatic amines is 1. The predicted octanol–water partition coefficient (Wildman–Crippen LogP) is 3.82. The summed E-state index contributed by atoms with van der Waals surface area (Å²) in [6.45, 7) is 6.62. The van der Waals surface area contributed by atoms with E-state index in [1.54, 1.807) is 0 Å². The van der Waals surface area contributed by atoms with Gasteiger partial charge in [0.15, 0.2) is 4.77 Å². The third-order valence-corrected chi connectivity index (χ3v) is 3.35. The number of rotatable bonds is 6. The highest BCUT2D eigenvalue weighted by molar-refractivity contribution is 7.71. The van der Waals surface area contributed by atoms with Crippen molar-refractivity contribution in [2.24, 2.45) is 0 Å². The fourth-order valence-corrected chi connectivity index (χ4v) is 2.30. The molecule has 2 aromatic rings. The topological polar surface area (TPSA) is 29.9 Å². The Bertz CT molecular complexity index is 571. The maximum atomic E-state index is 5.59. The van der Waals surface area contributed by atoms with Crippen molar-refractivity contribution in [2.75, 3.05) is 13.2 Å². The first-order valence-corrected chi connectivity index (χ1v) is 6.90. The van der Waals surface area contributed by atoms with Gasteiger partial charge in [-0.05, 0) is 43.3 Å². The van der Waals surface area contributed by atoms with Crippen molar-refractivity contribution >= 4 is 23.3 Å². The molecule has 0 aliphatic heterocycles. The lowest BCUT2D eigenvalue weighted by Crippen LogP contribution is -2.06. The molecule has 1 aromatic heterocycles. The highest BCUT2D eigenvalue weighted by Crippen LogP contribution is 2.15. The second-order valence-electron chi connectivity index (χ2n) is 4.57. The average molecular weight is 264 g/mol. The van der Waals surface area contributed by atoms with Crippen molar-refractivity contribution in [1.29, 1.82) is 0 Å². The number of hydrogen-bond donors (Lipinski definition) is 1. The molecule has 1 heterocycles. The Kier molecular flexibility index (Phi) is 4.55. The minimum Gasteiger partial charge on any atom is -0.380 e. The van der Waals surface area contributed by atoms with Gasteiger partial charge in [0, 0.05) is 13.2 Å². The SMILES string of the molecule is CCCCOCCn1c(=S)[nH]c2cc(C)ccc21. The number of hydrogen-bond acceptors (Lipinski definition) is 2. The van der Waals surface area contributed by atoms with E-state index in [4.69, 9.17) is 17.0 Å². The zero-order valence-corrected chi connectivity index (χ0v) is 11.8. The smallest absolute Gasteiger partial charge is 0.178 e. The summed E-state index contributed by atoms with van der Waals surface area (Å²) in [7, 11) is 0. The first-order valence-electron chi connectivity index (χ1n) is 6.49. The van der Waals surface area contributed by atoms with Crippen molar-refractivity contribution in [2.45, 2.75) is 33.2 Å². The zero-order valence-electron chi connectivity index (χ0n) is 11.0. The van der Waals surface area contributed by atoms with Crippen LogP contribution in [0, 0.1) is 11.7 Å². The Labute approximate surface area is 113 Å². The molecule has 3 nitrogen and oxygen atoms in total. The Balaban J connectivity index is 2.08. The number of nitrogens with zero attached hydrogens (tertiary/aromatic N) is 1. The van der Waals surface area contributed by atoms with Crippen LogP contribution in [-0.4, -0.2) is 22.8 Å². The van der Waals surface area contributed by atoms with Gasteiger partial charge in [-0.1, -0.05) is 19.4 Å². The van der Waals surface area contributed by atoms with Gasteiger partial charge in [0.25, 0.3) is 0 Å². The summed E-state index contributed by atoms with van der Waals surface area (Å²) in [4.78, 5) is 3.24. The molecule has 1 aromatic carbocycles. The van der Waals surface area contributed by atoms with Gasteiger partial charge in [-0.3, -0.25) is 0 Å². The normalized spacial score (nSPS) is 11.2. The molecule has 2 rings (SSSR count). The second kappa shape index (κ2) is 6.16. The largest absolute Gasteiger partial charge is 0.380 e. The number of benzene rings is 1. The number of imidazole rings is 1. The number of aryl methyl sites for hydroxylation is 1. The van der Waals surface area contributed by atoms with Crippen LogP contribution in [0.25, 0.3) is 11.0 Å². The Morgan fingerprint density at radius 2 is 2.17 bits per heavy atom. The van der Waals surface area contributed by atoms with Gasteiger partial charge >= 0.3 is 0 Å². The first-order chi connectivity index (χ1) is 8.72. The molecule has 98 valence electrons.